The molecular formula is C20H21ClN4O4S. The van der Waals surface area contributed by atoms with Gasteiger partial charge in [0.15, 0.2) is 0 Å². The van der Waals surface area contributed by atoms with Crippen molar-refractivity contribution < 1.29 is 14.7 Å². The Morgan fingerprint density at radius 2 is 2.03 bits per heavy atom. The van der Waals surface area contributed by atoms with Crippen molar-refractivity contribution in [3.05, 3.63) is 49.9 Å². The highest BCUT2D eigenvalue weighted by atomic mass is 35.5. The first-order valence-electron chi connectivity index (χ1n) is 9.11. The molecule has 0 saturated heterocycles. The van der Waals surface area contributed by atoms with Crippen molar-refractivity contribution in [2.75, 3.05) is 5.32 Å². The molecule has 30 heavy (non-hydrogen) atoms. The minimum Gasteiger partial charge on any atom is -0.494 e. The van der Waals surface area contributed by atoms with Gasteiger partial charge in [-0.15, -0.1) is 11.3 Å². The molecule has 0 aliphatic carbocycles. The average molecular weight is 449 g/mol. The van der Waals surface area contributed by atoms with E-state index in [2.05, 4.69) is 10.4 Å². The number of pyridine rings is 1. The third-order valence-corrected chi connectivity index (χ3v) is 5.54. The fourth-order valence-corrected chi connectivity index (χ4v) is 3.78. The largest absolute Gasteiger partial charge is 0.494 e. The zero-order valence-electron chi connectivity index (χ0n) is 16.7. The molecule has 0 spiro atoms. The molecule has 0 amide bonds. The molecule has 0 aromatic carbocycles. The van der Waals surface area contributed by atoms with E-state index >= 15 is 0 Å². The number of hydrogen-bond donors (Lipinski definition) is 2. The molecule has 3 heterocycles. The summed E-state index contributed by atoms with van der Waals surface area (Å²) in [6.07, 6.45) is 0.520. The summed E-state index contributed by atoms with van der Waals surface area (Å²) < 4.78 is 2.85. The first kappa shape index (κ1) is 21.8. The number of anilines is 1. The van der Waals surface area contributed by atoms with Crippen LogP contribution >= 0.6 is 22.9 Å². The highest BCUT2D eigenvalue weighted by molar-refractivity contribution is 7.16. The number of carbonyl (C=O) groups is 2. The van der Waals surface area contributed by atoms with E-state index in [1.165, 1.54) is 28.2 Å². The van der Waals surface area contributed by atoms with Crippen molar-refractivity contribution in [1.82, 2.24) is 14.3 Å². The molecule has 3 aromatic rings. The molecule has 10 heteroatoms. The fraction of sp³-hybridized carbons (Fsp3) is 0.300. The van der Waals surface area contributed by atoms with Crippen LogP contribution in [0.25, 0.3) is 11.3 Å². The second-order valence-electron chi connectivity index (χ2n) is 7.63. The molecule has 0 saturated carbocycles. The van der Waals surface area contributed by atoms with E-state index in [0.29, 0.717) is 23.0 Å². The molecule has 0 radical (unpaired) electrons. The van der Waals surface area contributed by atoms with Crippen molar-refractivity contribution >= 4 is 40.9 Å². The summed E-state index contributed by atoms with van der Waals surface area (Å²) in [5.41, 5.74) is -0.693. The van der Waals surface area contributed by atoms with E-state index in [4.69, 9.17) is 11.6 Å². The summed E-state index contributed by atoms with van der Waals surface area (Å²) in [7, 11) is 0. The number of aromatic hydroxyl groups is 1. The standard InChI is InChI=1S/C20H21ClN4O4S/c1-20(2,3)19(29)25-16(22-11-12-4-6-15(21)30-12)10-14(23-25)13-5-7-17(27)24(8-9-26)18(13)28/h4-7,9-10,22,28H,8,11H2,1-3H3. The lowest BCUT2D eigenvalue weighted by molar-refractivity contribution is -0.108. The molecule has 0 aliphatic rings. The minimum absolute atomic E-state index is 0.235. The third kappa shape index (κ3) is 4.47. The Labute approximate surface area is 181 Å². The van der Waals surface area contributed by atoms with Crippen LogP contribution in [0.2, 0.25) is 4.34 Å². The number of nitrogens with zero attached hydrogens (tertiary/aromatic N) is 3. The van der Waals surface area contributed by atoms with E-state index in [-0.39, 0.29) is 29.6 Å². The SMILES string of the molecule is CC(C)(C)C(=O)n1nc(-c2ccc(=O)n(CC=O)c2O)cc1NCc1ccc(Cl)s1. The Bertz CT molecular complexity index is 1160. The van der Waals surface area contributed by atoms with E-state index in [9.17, 15) is 19.5 Å². The number of thiophene rings is 1. The molecule has 2 N–H and O–H groups in total. The van der Waals surface area contributed by atoms with Crippen molar-refractivity contribution in [2.24, 2.45) is 5.41 Å². The lowest BCUT2D eigenvalue weighted by Gasteiger charge is -2.18. The summed E-state index contributed by atoms with van der Waals surface area (Å²) >= 11 is 7.40. The molecule has 8 nitrogen and oxygen atoms in total. The van der Waals surface area contributed by atoms with Crippen LogP contribution in [-0.2, 0) is 17.9 Å². The fourth-order valence-electron chi connectivity index (χ4n) is 2.76. The first-order valence-corrected chi connectivity index (χ1v) is 10.3. The van der Waals surface area contributed by atoms with Crippen molar-refractivity contribution in [1.29, 1.82) is 0 Å². The van der Waals surface area contributed by atoms with Crippen LogP contribution in [0.15, 0.2) is 35.1 Å². The molecule has 0 unspecified atom stereocenters. The number of aldehydes is 1. The van der Waals surface area contributed by atoms with Gasteiger partial charge in [0.25, 0.3) is 11.5 Å². The van der Waals surface area contributed by atoms with Crippen LogP contribution in [0.4, 0.5) is 5.82 Å². The smallest absolute Gasteiger partial charge is 0.254 e. The van der Waals surface area contributed by atoms with Gasteiger partial charge in [-0.2, -0.15) is 9.78 Å². The Balaban J connectivity index is 2.05. The Morgan fingerprint density at radius 3 is 2.63 bits per heavy atom. The zero-order valence-corrected chi connectivity index (χ0v) is 18.3. The van der Waals surface area contributed by atoms with E-state index in [1.807, 2.05) is 6.07 Å². The molecule has 0 aliphatic heterocycles. The zero-order chi connectivity index (χ0) is 22.1. The highest BCUT2D eigenvalue weighted by Gasteiger charge is 2.27. The second-order valence-corrected chi connectivity index (χ2v) is 9.43. The number of hydrogen-bond acceptors (Lipinski definition) is 7. The van der Waals surface area contributed by atoms with Gasteiger partial charge in [0.2, 0.25) is 5.88 Å². The lowest BCUT2D eigenvalue weighted by Crippen LogP contribution is -2.28. The van der Waals surface area contributed by atoms with Crippen LogP contribution in [0.3, 0.4) is 0 Å². The molecular weight excluding hydrogens is 428 g/mol. The summed E-state index contributed by atoms with van der Waals surface area (Å²) in [6.45, 7) is 5.48. The minimum atomic E-state index is -0.704. The molecule has 158 valence electrons. The van der Waals surface area contributed by atoms with Crippen LogP contribution in [0.1, 0.15) is 30.4 Å². The molecule has 0 fully saturated rings. The predicted octanol–water partition coefficient (Wildman–Crippen LogP) is 3.63. The number of carbonyl (C=O) groups excluding carboxylic acids is 2. The van der Waals surface area contributed by atoms with E-state index < -0.39 is 11.0 Å². The number of rotatable bonds is 6. The lowest BCUT2D eigenvalue weighted by atomic mass is 9.96. The summed E-state index contributed by atoms with van der Waals surface area (Å²) in [5, 5.41) is 18.1. The van der Waals surface area contributed by atoms with Crippen molar-refractivity contribution in [2.45, 2.75) is 33.9 Å². The Morgan fingerprint density at radius 1 is 1.30 bits per heavy atom. The quantitative estimate of drug-likeness (QED) is 0.558. The van der Waals surface area contributed by atoms with Gasteiger partial charge in [-0.3, -0.25) is 14.2 Å². The predicted molar refractivity (Wildman–Crippen MR) is 116 cm³/mol. The highest BCUT2D eigenvalue weighted by Crippen LogP contribution is 2.31. The molecule has 0 atom stereocenters. The van der Waals surface area contributed by atoms with Gasteiger partial charge in [0.1, 0.15) is 17.8 Å². The van der Waals surface area contributed by atoms with Crippen LogP contribution in [-0.4, -0.2) is 31.6 Å². The normalized spacial score (nSPS) is 11.5. The van der Waals surface area contributed by atoms with Gasteiger partial charge >= 0.3 is 0 Å². The maximum absolute atomic E-state index is 12.9. The third-order valence-electron chi connectivity index (χ3n) is 4.30. The molecule has 0 bridgehead atoms. The first-order chi connectivity index (χ1) is 14.1. The summed E-state index contributed by atoms with van der Waals surface area (Å²) in [5.74, 6) is -0.206. The monoisotopic (exact) mass is 448 g/mol. The number of halogens is 1. The Hall–Kier alpha value is -2.91. The van der Waals surface area contributed by atoms with Crippen LogP contribution in [0, 0.1) is 5.41 Å². The van der Waals surface area contributed by atoms with Crippen LogP contribution in [0.5, 0.6) is 5.88 Å². The number of aromatic nitrogens is 3. The van der Waals surface area contributed by atoms with Gasteiger partial charge in [0.05, 0.1) is 23.0 Å². The van der Waals surface area contributed by atoms with Crippen molar-refractivity contribution in [3.63, 3.8) is 0 Å². The van der Waals surface area contributed by atoms with Gasteiger partial charge in [-0.1, -0.05) is 32.4 Å². The topological polar surface area (TPSA) is 106 Å². The van der Waals surface area contributed by atoms with E-state index in [0.717, 1.165) is 9.44 Å². The van der Waals surface area contributed by atoms with Gasteiger partial charge < -0.3 is 15.2 Å². The maximum Gasteiger partial charge on any atom is 0.254 e. The van der Waals surface area contributed by atoms with Gasteiger partial charge in [-0.25, -0.2) is 0 Å². The summed E-state index contributed by atoms with van der Waals surface area (Å²) in [4.78, 5) is 36.7. The van der Waals surface area contributed by atoms with Gasteiger partial charge in [0, 0.05) is 22.4 Å². The molecule has 3 rings (SSSR count). The van der Waals surface area contributed by atoms with Crippen LogP contribution < -0.4 is 10.9 Å². The summed E-state index contributed by atoms with van der Waals surface area (Å²) in [6, 6.07) is 7.94. The maximum atomic E-state index is 12.9. The van der Waals surface area contributed by atoms with Gasteiger partial charge in [-0.05, 0) is 18.2 Å². The Kier molecular flexibility index (Phi) is 6.14. The average Bonchev–Trinajstić information content (AvgIpc) is 3.28. The number of nitrogens with one attached hydrogen (secondary N) is 1. The van der Waals surface area contributed by atoms with E-state index in [1.54, 1.807) is 32.9 Å². The second kappa shape index (κ2) is 8.45. The molecule has 3 aromatic heterocycles. The van der Waals surface area contributed by atoms with Crippen molar-refractivity contribution in [3.8, 4) is 17.1 Å².